The van der Waals surface area contributed by atoms with Crippen LogP contribution in [0.2, 0.25) is 0 Å². The van der Waals surface area contributed by atoms with Gasteiger partial charge in [0.2, 0.25) is 0 Å². The normalized spacial score (nSPS) is 65.5. The second-order valence-corrected chi connectivity index (χ2v) is 11.1. The minimum absolute atomic E-state index is 0.329. The zero-order chi connectivity index (χ0) is 15.4. The molecule has 3 atom stereocenters. The minimum atomic E-state index is 0.329. The van der Waals surface area contributed by atoms with Gasteiger partial charge in [0.25, 0.3) is 0 Å². The molecule has 1 heteroatoms. The number of rotatable bonds is 2. The number of aliphatic hydroxyl groups excluding tert-OH is 1. The molecule has 0 radical (unpaired) electrons. The first-order valence-corrected chi connectivity index (χ1v) is 10.8. The molecule has 3 unspecified atom stereocenters. The third-order valence-electron chi connectivity index (χ3n) is 10.6. The average Bonchev–Trinajstić information content (AvgIpc) is 2.51. The second kappa shape index (κ2) is 4.37. The van der Waals surface area contributed by atoms with E-state index in [-0.39, 0.29) is 0 Å². The van der Waals surface area contributed by atoms with E-state index in [2.05, 4.69) is 6.92 Å². The summed E-state index contributed by atoms with van der Waals surface area (Å²) in [5.41, 5.74) is 0.856. The molecule has 23 heavy (non-hydrogen) atoms. The fraction of sp³-hybridized carbons (Fsp3) is 1.00. The molecule has 0 amide bonds. The standard InChI is InChI=1S/C22H34O/c1-13-18-4-16-3-17(5-18)11-21(13,10-16)22(12-23)19-6-14-2-15(8-19)9-20(22)7-14/h13-20,23H,2-12H2,1H3. The van der Waals surface area contributed by atoms with Crippen LogP contribution in [-0.2, 0) is 0 Å². The number of aliphatic hydroxyl groups is 1. The highest BCUT2D eigenvalue weighted by Crippen LogP contribution is 2.76. The van der Waals surface area contributed by atoms with E-state index < -0.39 is 0 Å². The maximum atomic E-state index is 10.9. The zero-order valence-corrected chi connectivity index (χ0v) is 14.8. The van der Waals surface area contributed by atoms with Crippen LogP contribution in [0.25, 0.3) is 0 Å². The van der Waals surface area contributed by atoms with Gasteiger partial charge in [-0.15, -0.1) is 0 Å². The summed E-state index contributed by atoms with van der Waals surface area (Å²) in [6.07, 6.45) is 15.0. The maximum absolute atomic E-state index is 10.9. The highest BCUT2D eigenvalue weighted by molar-refractivity contribution is 5.19. The van der Waals surface area contributed by atoms with Crippen LogP contribution in [0.1, 0.15) is 71.1 Å². The van der Waals surface area contributed by atoms with Crippen molar-refractivity contribution in [3.8, 4) is 0 Å². The Morgan fingerprint density at radius 3 is 1.78 bits per heavy atom. The van der Waals surface area contributed by atoms with Crippen LogP contribution in [0.3, 0.4) is 0 Å². The average molecular weight is 315 g/mol. The quantitative estimate of drug-likeness (QED) is 0.770. The Kier molecular flexibility index (Phi) is 2.69. The molecule has 8 aliphatic carbocycles. The van der Waals surface area contributed by atoms with Crippen LogP contribution < -0.4 is 0 Å². The van der Waals surface area contributed by atoms with Gasteiger partial charge in [-0.05, 0) is 117 Å². The van der Waals surface area contributed by atoms with Crippen molar-refractivity contribution in [1.82, 2.24) is 0 Å². The monoisotopic (exact) mass is 314 g/mol. The van der Waals surface area contributed by atoms with E-state index in [1.165, 1.54) is 64.2 Å². The molecule has 0 saturated heterocycles. The number of hydrogen-bond donors (Lipinski definition) is 1. The molecule has 0 aromatic heterocycles. The highest BCUT2D eigenvalue weighted by Gasteiger charge is 2.70. The molecular weight excluding hydrogens is 280 g/mol. The SMILES string of the molecule is CC1C2CC3CC(C2)CC1(C1(CO)C2CC4CC(C2)CC1C4)C3. The van der Waals surface area contributed by atoms with Gasteiger partial charge in [0.1, 0.15) is 0 Å². The molecule has 8 bridgehead atoms. The van der Waals surface area contributed by atoms with Crippen LogP contribution in [0, 0.1) is 58.2 Å². The summed E-state index contributed by atoms with van der Waals surface area (Å²) in [6, 6.07) is 0. The lowest BCUT2D eigenvalue weighted by atomic mass is 9.31. The van der Waals surface area contributed by atoms with Crippen molar-refractivity contribution in [3.05, 3.63) is 0 Å². The molecular formula is C22H34O. The molecule has 8 rings (SSSR count). The first-order valence-electron chi connectivity index (χ1n) is 10.8. The first kappa shape index (κ1) is 14.2. The lowest BCUT2D eigenvalue weighted by molar-refractivity contribution is -0.268. The van der Waals surface area contributed by atoms with Gasteiger partial charge in [-0.3, -0.25) is 0 Å². The van der Waals surface area contributed by atoms with E-state index in [4.69, 9.17) is 0 Å². The molecule has 1 N–H and O–H groups in total. The molecule has 0 heterocycles. The summed E-state index contributed by atoms with van der Waals surface area (Å²) < 4.78 is 0. The second-order valence-electron chi connectivity index (χ2n) is 11.1. The Hall–Kier alpha value is -0.0400. The fourth-order valence-corrected chi connectivity index (χ4v) is 10.4. The summed E-state index contributed by atoms with van der Waals surface area (Å²) in [5.74, 6) is 7.74. The lowest BCUT2D eigenvalue weighted by Crippen LogP contribution is -2.68. The zero-order valence-electron chi connectivity index (χ0n) is 14.8. The van der Waals surface area contributed by atoms with E-state index in [1.807, 2.05) is 0 Å². The van der Waals surface area contributed by atoms with Gasteiger partial charge < -0.3 is 5.11 Å². The summed E-state index contributed by atoms with van der Waals surface area (Å²) >= 11 is 0. The molecule has 0 aromatic carbocycles. The Morgan fingerprint density at radius 1 is 0.739 bits per heavy atom. The van der Waals surface area contributed by atoms with Crippen molar-refractivity contribution in [3.63, 3.8) is 0 Å². The van der Waals surface area contributed by atoms with E-state index in [9.17, 15) is 5.11 Å². The van der Waals surface area contributed by atoms with Crippen LogP contribution in [0.4, 0.5) is 0 Å². The predicted octanol–water partition coefficient (Wildman–Crippen LogP) is 4.88. The highest BCUT2D eigenvalue weighted by atomic mass is 16.3. The Balaban J connectivity index is 1.49. The minimum Gasteiger partial charge on any atom is -0.396 e. The predicted molar refractivity (Wildman–Crippen MR) is 91.7 cm³/mol. The fourth-order valence-electron chi connectivity index (χ4n) is 10.4. The van der Waals surface area contributed by atoms with Crippen molar-refractivity contribution in [2.75, 3.05) is 6.61 Å². The van der Waals surface area contributed by atoms with Gasteiger partial charge in [0.05, 0.1) is 0 Å². The van der Waals surface area contributed by atoms with Crippen LogP contribution in [0.15, 0.2) is 0 Å². The third kappa shape index (κ3) is 1.52. The third-order valence-corrected chi connectivity index (χ3v) is 10.6. The Bertz CT molecular complexity index is 480. The molecule has 0 aromatic rings. The first-order chi connectivity index (χ1) is 11.1. The van der Waals surface area contributed by atoms with Gasteiger partial charge in [-0.1, -0.05) is 6.92 Å². The summed E-state index contributed by atoms with van der Waals surface area (Å²) in [4.78, 5) is 0. The summed E-state index contributed by atoms with van der Waals surface area (Å²) in [5, 5.41) is 10.9. The smallest absolute Gasteiger partial charge is 0.0498 e. The van der Waals surface area contributed by atoms with Crippen molar-refractivity contribution >= 4 is 0 Å². The largest absolute Gasteiger partial charge is 0.396 e. The molecule has 1 nitrogen and oxygen atoms in total. The molecule has 0 aliphatic heterocycles. The van der Waals surface area contributed by atoms with Gasteiger partial charge in [0, 0.05) is 12.0 Å². The lowest BCUT2D eigenvalue weighted by Gasteiger charge is -2.74. The molecule has 8 aliphatic rings. The van der Waals surface area contributed by atoms with Gasteiger partial charge in [0.15, 0.2) is 0 Å². The number of hydrogen-bond acceptors (Lipinski definition) is 1. The molecule has 8 fully saturated rings. The van der Waals surface area contributed by atoms with Crippen LogP contribution in [0.5, 0.6) is 0 Å². The van der Waals surface area contributed by atoms with Gasteiger partial charge >= 0.3 is 0 Å². The summed E-state index contributed by atoms with van der Waals surface area (Å²) in [7, 11) is 0. The Morgan fingerprint density at radius 2 is 1.26 bits per heavy atom. The van der Waals surface area contributed by atoms with E-state index in [1.54, 1.807) is 0 Å². The summed E-state index contributed by atoms with van der Waals surface area (Å²) in [6.45, 7) is 3.14. The molecule has 128 valence electrons. The molecule has 8 saturated carbocycles. The van der Waals surface area contributed by atoms with Crippen molar-refractivity contribution < 1.29 is 5.11 Å². The van der Waals surface area contributed by atoms with Gasteiger partial charge in [-0.25, -0.2) is 0 Å². The Labute approximate surface area is 141 Å². The van der Waals surface area contributed by atoms with E-state index >= 15 is 0 Å². The maximum Gasteiger partial charge on any atom is 0.0498 e. The van der Waals surface area contributed by atoms with Crippen LogP contribution >= 0.6 is 0 Å². The van der Waals surface area contributed by atoms with E-state index in [0.29, 0.717) is 17.4 Å². The van der Waals surface area contributed by atoms with Crippen molar-refractivity contribution in [2.45, 2.75) is 71.1 Å². The molecule has 0 spiro atoms. The topological polar surface area (TPSA) is 20.2 Å². The van der Waals surface area contributed by atoms with E-state index in [0.717, 1.165) is 47.3 Å². The van der Waals surface area contributed by atoms with Crippen molar-refractivity contribution in [1.29, 1.82) is 0 Å². The van der Waals surface area contributed by atoms with Gasteiger partial charge in [-0.2, -0.15) is 0 Å². The van der Waals surface area contributed by atoms with Crippen molar-refractivity contribution in [2.24, 2.45) is 58.2 Å². The van der Waals surface area contributed by atoms with Crippen LogP contribution in [-0.4, -0.2) is 11.7 Å².